The molecule has 1 aliphatic rings. The molecule has 6 nitrogen and oxygen atoms in total. The van der Waals surface area contributed by atoms with Crippen molar-refractivity contribution in [1.29, 1.82) is 0 Å². The molecule has 146 valence electrons. The number of rotatable bonds is 5. The number of hydrogen-bond donors (Lipinski definition) is 1. The molecule has 1 N–H and O–H groups in total. The number of hydrogen-bond acceptors (Lipinski definition) is 4. The fourth-order valence-corrected chi connectivity index (χ4v) is 5.85. The van der Waals surface area contributed by atoms with Crippen molar-refractivity contribution in [1.82, 2.24) is 4.31 Å². The summed E-state index contributed by atoms with van der Waals surface area (Å²) in [6.07, 6.45) is 3.79. The Morgan fingerprint density at radius 3 is 2.04 bits per heavy atom. The topological polar surface area (TPSA) is 83.5 Å². The molecule has 1 aliphatic heterocycles. The molecule has 0 amide bonds. The zero-order valence-electron chi connectivity index (χ0n) is 14.6. The van der Waals surface area contributed by atoms with E-state index in [1.54, 1.807) is 12.1 Å². The van der Waals surface area contributed by atoms with Crippen molar-refractivity contribution in [2.75, 3.05) is 17.8 Å². The van der Waals surface area contributed by atoms with Gasteiger partial charge in [0.2, 0.25) is 10.0 Å². The van der Waals surface area contributed by atoms with E-state index in [9.17, 15) is 16.8 Å². The predicted octanol–water partition coefficient (Wildman–Crippen LogP) is 3.71. The molecule has 0 saturated carbocycles. The molecule has 0 atom stereocenters. The summed E-state index contributed by atoms with van der Waals surface area (Å²) in [5.41, 5.74) is 0.282. The number of sulfonamides is 2. The van der Waals surface area contributed by atoms with Crippen LogP contribution in [-0.4, -0.2) is 34.2 Å². The quantitative estimate of drug-likeness (QED) is 0.786. The van der Waals surface area contributed by atoms with Crippen LogP contribution in [0, 0.1) is 0 Å². The van der Waals surface area contributed by atoms with Crippen LogP contribution >= 0.6 is 11.6 Å². The van der Waals surface area contributed by atoms with Crippen LogP contribution in [0.1, 0.15) is 25.7 Å². The van der Waals surface area contributed by atoms with Gasteiger partial charge in [0.05, 0.1) is 9.79 Å². The average molecular weight is 429 g/mol. The van der Waals surface area contributed by atoms with Gasteiger partial charge in [-0.3, -0.25) is 4.72 Å². The first kappa shape index (κ1) is 20.1. The highest BCUT2D eigenvalue weighted by atomic mass is 35.5. The van der Waals surface area contributed by atoms with Crippen molar-refractivity contribution in [3.8, 4) is 0 Å². The summed E-state index contributed by atoms with van der Waals surface area (Å²) in [6, 6.07) is 11.7. The summed E-state index contributed by atoms with van der Waals surface area (Å²) in [4.78, 5) is 0.200. The summed E-state index contributed by atoms with van der Waals surface area (Å²) < 4.78 is 54.3. The number of benzene rings is 2. The Morgan fingerprint density at radius 1 is 0.815 bits per heavy atom. The minimum Gasteiger partial charge on any atom is -0.280 e. The van der Waals surface area contributed by atoms with Gasteiger partial charge in [-0.05, 0) is 55.3 Å². The van der Waals surface area contributed by atoms with E-state index < -0.39 is 20.0 Å². The number of nitrogens with one attached hydrogen (secondary N) is 1. The maximum absolute atomic E-state index is 12.8. The average Bonchev–Trinajstić information content (AvgIpc) is 2.92. The van der Waals surface area contributed by atoms with Gasteiger partial charge in [0.25, 0.3) is 10.0 Å². The summed E-state index contributed by atoms with van der Waals surface area (Å²) in [6.45, 7) is 1.04. The summed E-state index contributed by atoms with van der Waals surface area (Å²) in [5, 5.41) is 0.316. The van der Waals surface area contributed by atoms with Crippen LogP contribution in [0.25, 0.3) is 0 Å². The maximum Gasteiger partial charge on any atom is 0.261 e. The third-order valence-corrected chi connectivity index (χ3v) is 7.94. The Balaban J connectivity index is 1.79. The Morgan fingerprint density at radius 2 is 1.44 bits per heavy atom. The van der Waals surface area contributed by atoms with Crippen molar-refractivity contribution in [2.24, 2.45) is 0 Å². The second-order valence-electron chi connectivity index (χ2n) is 6.41. The van der Waals surface area contributed by atoms with Crippen LogP contribution < -0.4 is 4.72 Å². The highest BCUT2D eigenvalue weighted by molar-refractivity contribution is 7.92. The summed E-state index contributed by atoms with van der Waals surface area (Å²) in [7, 11) is -7.37. The van der Waals surface area contributed by atoms with Gasteiger partial charge in [-0.25, -0.2) is 16.8 Å². The molecule has 1 saturated heterocycles. The molecule has 0 aliphatic carbocycles. The molecule has 9 heteroatoms. The lowest BCUT2D eigenvalue weighted by molar-refractivity contribution is 0.424. The maximum atomic E-state index is 12.8. The zero-order valence-corrected chi connectivity index (χ0v) is 17.0. The summed E-state index contributed by atoms with van der Waals surface area (Å²) in [5.74, 6) is 0. The Hall–Kier alpha value is -1.61. The lowest BCUT2D eigenvalue weighted by Crippen LogP contribution is -2.31. The second kappa shape index (κ2) is 8.18. The van der Waals surface area contributed by atoms with Crippen molar-refractivity contribution in [3.63, 3.8) is 0 Å². The smallest absolute Gasteiger partial charge is 0.261 e. The number of nitrogens with zero attached hydrogens (tertiary/aromatic N) is 1. The van der Waals surface area contributed by atoms with E-state index in [1.807, 2.05) is 0 Å². The fourth-order valence-electron chi connectivity index (χ4n) is 2.97. The van der Waals surface area contributed by atoms with Crippen LogP contribution in [0.4, 0.5) is 5.69 Å². The van der Waals surface area contributed by atoms with E-state index in [1.165, 1.54) is 40.7 Å². The monoisotopic (exact) mass is 428 g/mol. The largest absolute Gasteiger partial charge is 0.280 e. The molecule has 1 fully saturated rings. The molecule has 1 heterocycles. The van der Waals surface area contributed by atoms with E-state index in [2.05, 4.69) is 4.72 Å². The molecule has 0 radical (unpaired) electrons. The van der Waals surface area contributed by atoms with E-state index in [-0.39, 0.29) is 15.5 Å². The number of halogens is 1. The van der Waals surface area contributed by atoms with Gasteiger partial charge in [0.1, 0.15) is 0 Å². The van der Waals surface area contributed by atoms with Gasteiger partial charge in [-0.15, -0.1) is 0 Å². The normalized spacial score (nSPS) is 16.6. The lowest BCUT2D eigenvalue weighted by Gasteiger charge is -2.20. The zero-order chi connectivity index (χ0) is 19.5. The fraction of sp³-hybridized carbons (Fsp3) is 0.333. The molecule has 0 unspecified atom stereocenters. The third-order valence-electron chi connectivity index (χ3n) is 4.42. The van der Waals surface area contributed by atoms with Gasteiger partial charge in [-0.1, -0.05) is 30.5 Å². The first-order valence-electron chi connectivity index (χ1n) is 8.68. The molecule has 27 heavy (non-hydrogen) atoms. The second-order valence-corrected chi connectivity index (χ2v) is 10.5. The van der Waals surface area contributed by atoms with Crippen LogP contribution in [0.15, 0.2) is 58.3 Å². The Kier molecular flexibility index (Phi) is 6.10. The van der Waals surface area contributed by atoms with Gasteiger partial charge in [0, 0.05) is 23.8 Å². The Labute approximate surface area is 165 Å². The minimum absolute atomic E-state index is 0.0382. The van der Waals surface area contributed by atoms with E-state index in [4.69, 9.17) is 11.6 Å². The van der Waals surface area contributed by atoms with Crippen LogP contribution in [-0.2, 0) is 20.0 Å². The van der Waals surface area contributed by atoms with E-state index in [0.29, 0.717) is 18.1 Å². The first-order valence-corrected chi connectivity index (χ1v) is 12.0. The molecule has 3 rings (SSSR count). The molecular formula is C18H21ClN2O4S2. The molecule has 2 aromatic carbocycles. The predicted molar refractivity (Wildman–Crippen MR) is 106 cm³/mol. The highest BCUT2D eigenvalue weighted by Crippen LogP contribution is 2.23. The summed E-state index contributed by atoms with van der Waals surface area (Å²) >= 11 is 5.85. The molecule has 0 aromatic heterocycles. The molecule has 0 bridgehead atoms. The van der Waals surface area contributed by atoms with Gasteiger partial charge in [0.15, 0.2) is 0 Å². The minimum atomic E-state index is -3.80. The van der Waals surface area contributed by atoms with Crippen molar-refractivity contribution < 1.29 is 16.8 Å². The van der Waals surface area contributed by atoms with Crippen LogP contribution in [0.3, 0.4) is 0 Å². The Bertz CT molecular complexity index is 998. The molecule has 0 spiro atoms. The number of anilines is 1. The van der Waals surface area contributed by atoms with Crippen molar-refractivity contribution in [2.45, 2.75) is 35.5 Å². The van der Waals surface area contributed by atoms with Gasteiger partial charge >= 0.3 is 0 Å². The highest BCUT2D eigenvalue weighted by Gasteiger charge is 2.25. The lowest BCUT2D eigenvalue weighted by atomic mass is 10.2. The van der Waals surface area contributed by atoms with Crippen LogP contribution in [0.5, 0.6) is 0 Å². The standard InChI is InChI=1S/C18H21ClN2O4S2/c19-15-6-5-7-18(14-15)26(22,23)20-16-8-10-17(11-9-16)27(24,25)21-12-3-1-2-4-13-21/h5-11,14,20H,1-4,12-13H2. The van der Waals surface area contributed by atoms with E-state index in [0.717, 1.165) is 25.7 Å². The van der Waals surface area contributed by atoms with Crippen molar-refractivity contribution >= 4 is 37.3 Å². The van der Waals surface area contributed by atoms with Crippen LogP contribution in [0.2, 0.25) is 5.02 Å². The molecule has 2 aromatic rings. The van der Waals surface area contributed by atoms with Gasteiger partial charge in [-0.2, -0.15) is 4.31 Å². The molecular weight excluding hydrogens is 408 g/mol. The van der Waals surface area contributed by atoms with Gasteiger partial charge < -0.3 is 0 Å². The van der Waals surface area contributed by atoms with Crippen molar-refractivity contribution in [3.05, 3.63) is 53.6 Å². The first-order chi connectivity index (χ1) is 12.8. The SMILES string of the molecule is O=S(=O)(Nc1ccc(S(=O)(=O)N2CCCCCC2)cc1)c1cccc(Cl)c1. The third kappa shape index (κ3) is 4.82. The van der Waals surface area contributed by atoms with E-state index >= 15 is 0 Å².